The van der Waals surface area contributed by atoms with E-state index in [-0.39, 0.29) is 0 Å². The number of rotatable bonds is 3. The van der Waals surface area contributed by atoms with E-state index in [9.17, 15) is 4.79 Å². The van der Waals surface area contributed by atoms with Crippen molar-refractivity contribution in [1.82, 2.24) is 9.97 Å². The molecule has 7 nitrogen and oxygen atoms in total. The molecule has 3 aromatic rings. The molecule has 0 aliphatic rings. The number of carbonyl (C=O) groups excluding carboxylic acids is 1. The highest BCUT2D eigenvalue weighted by atomic mass is 16.6. The van der Waals surface area contributed by atoms with Crippen LogP contribution in [0.25, 0.3) is 22.6 Å². The van der Waals surface area contributed by atoms with Gasteiger partial charge < -0.3 is 13.9 Å². The number of methoxy groups -OCH3 is 1. The lowest BCUT2D eigenvalue weighted by atomic mass is 10.2. The van der Waals surface area contributed by atoms with Gasteiger partial charge in [-0.05, 0) is 45.0 Å². The number of anilines is 1. The van der Waals surface area contributed by atoms with Gasteiger partial charge in [0.15, 0.2) is 5.58 Å². The van der Waals surface area contributed by atoms with Gasteiger partial charge >= 0.3 is 6.09 Å². The quantitative estimate of drug-likeness (QED) is 0.766. The predicted octanol–water partition coefficient (Wildman–Crippen LogP) is 4.25. The number of nitrogens with zero attached hydrogens (tertiary/aromatic N) is 2. The van der Waals surface area contributed by atoms with Crippen molar-refractivity contribution >= 4 is 23.0 Å². The molecule has 0 aliphatic carbocycles. The molecule has 2 heterocycles. The van der Waals surface area contributed by atoms with E-state index in [1.165, 1.54) is 0 Å². The van der Waals surface area contributed by atoms with E-state index >= 15 is 0 Å². The summed E-state index contributed by atoms with van der Waals surface area (Å²) < 4.78 is 16.1. The Hall–Kier alpha value is -3.09. The first-order valence-corrected chi connectivity index (χ1v) is 7.75. The Morgan fingerprint density at radius 1 is 1.20 bits per heavy atom. The van der Waals surface area contributed by atoms with Gasteiger partial charge in [0.2, 0.25) is 5.89 Å². The van der Waals surface area contributed by atoms with Crippen molar-refractivity contribution in [2.24, 2.45) is 0 Å². The van der Waals surface area contributed by atoms with Gasteiger partial charge in [-0.1, -0.05) is 0 Å². The van der Waals surface area contributed by atoms with Crippen LogP contribution in [0.2, 0.25) is 0 Å². The maximum absolute atomic E-state index is 11.7. The third-order valence-electron chi connectivity index (χ3n) is 3.24. The van der Waals surface area contributed by atoms with Crippen LogP contribution in [0.1, 0.15) is 20.8 Å². The highest BCUT2D eigenvalue weighted by Gasteiger charge is 2.17. The van der Waals surface area contributed by atoms with Crippen LogP contribution in [0.15, 0.2) is 40.9 Å². The molecule has 3 rings (SSSR count). The van der Waals surface area contributed by atoms with Crippen LogP contribution in [0.4, 0.5) is 10.6 Å². The Morgan fingerprint density at radius 3 is 2.64 bits per heavy atom. The molecule has 0 bridgehead atoms. The van der Waals surface area contributed by atoms with E-state index in [1.807, 2.05) is 12.1 Å². The molecule has 0 unspecified atom stereocenters. The number of ether oxygens (including phenoxy) is 2. The third-order valence-corrected chi connectivity index (χ3v) is 3.24. The zero-order valence-corrected chi connectivity index (χ0v) is 14.5. The number of oxazole rings is 1. The largest absolute Gasteiger partial charge is 0.497 e. The van der Waals surface area contributed by atoms with E-state index in [4.69, 9.17) is 13.9 Å². The molecule has 0 atom stereocenters. The molecule has 7 heteroatoms. The molecule has 1 aromatic carbocycles. The van der Waals surface area contributed by atoms with Crippen molar-refractivity contribution in [3.8, 4) is 17.2 Å². The molecule has 130 valence electrons. The summed E-state index contributed by atoms with van der Waals surface area (Å²) in [4.78, 5) is 20.4. The van der Waals surface area contributed by atoms with Crippen LogP contribution >= 0.6 is 0 Å². The van der Waals surface area contributed by atoms with Crippen LogP contribution in [0.3, 0.4) is 0 Å². The Labute approximate surface area is 145 Å². The Kier molecular flexibility index (Phi) is 4.31. The molecular formula is C18H19N3O4. The predicted molar refractivity (Wildman–Crippen MR) is 93.6 cm³/mol. The maximum Gasteiger partial charge on any atom is 0.413 e. The Bertz CT molecular complexity index is 895. The molecule has 0 spiro atoms. The van der Waals surface area contributed by atoms with Gasteiger partial charge in [0, 0.05) is 12.3 Å². The molecule has 0 radical (unpaired) electrons. The summed E-state index contributed by atoms with van der Waals surface area (Å²) in [6.07, 6.45) is 1.02. The van der Waals surface area contributed by atoms with E-state index < -0.39 is 11.7 Å². The third kappa shape index (κ3) is 4.06. The molecule has 1 N–H and O–H groups in total. The maximum atomic E-state index is 11.7. The number of nitrogens with one attached hydrogen (secondary N) is 1. The number of aromatic nitrogens is 2. The van der Waals surface area contributed by atoms with Crippen molar-refractivity contribution in [3.05, 3.63) is 36.5 Å². The Morgan fingerprint density at radius 2 is 2.00 bits per heavy atom. The highest BCUT2D eigenvalue weighted by Crippen LogP contribution is 2.27. The SMILES string of the molecule is COc1ccc2nc(-c3ccc(NC(=O)OC(C)(C)C)nc3)oc2c1. The minimum absolute atomic E-state index is 0.385. The molecule has 0 saturated heterocycles. The second kappa shape index (κ2) is 6.43. The van der Waals surface area contributed by atoms with Gasteiger partial charge in [-0.15, -0.1) is 0 Å². The van der Waals surface area contributed by atoms with Gasteiger partial charge in [-0.25, -0.2) is 14.8 Å². The monoisotopic (exact) mass is 341 g/mol. The number of hydrogen-bond donors (Lipinski definition) is 1. The first kappa shape index (κ1) is 16.8. The number of benzene rings is 1. The molecule has 25 heavy (non-hydrogen) atoms. The summed E-state index contributed by atoms with van der Waals surface area (Å²) in [7, 11) is 1.60. The number of fused-ring (bicyclic) bond motifs is 1. The first-order chi connectivity index (χ1) is 11.8. The average Bonchev–Trinajstić information content (AvgIpc) is 2.96. The average molecular weight is 341 g/mol. The smallest absolute Gasteiger partial charge is 0.413 e. The van der Waals surface area contributed by atoms with E-state index in [0.717, 1.165) is 5.52 Å². The van der Waals surface area contributed by atoms with Crippen molar-refractivity contribution in [2.75, 3.05) is 12.4 Å². The van der Waals surface area contributed by atoms with Gasteiger partial charge in [-0.2, -0.15) is 0 Å². The molecule has 0 fully saturated rings. The molecule has 0 aliphatic heterocycles. The number of pyridine rings is 1. The lowest BCUT2D eigenvalue weighted by Crippen LogP contribution is -2.27. The van der Waals surface area contributed by atoms with Crippen LogP contribution in [-0.2, 0) is 4.74 Å². The van der Waals surface area contributed by atoms with Crippen LogP contribution in [-0.4, -0.2) is 28.8 Å². The number of amides is 1. The fourth-order valence-corrected chi connectivity index (χ4v) is 2.16. The summed E-state index contributed by atoms with van der Waals surface area (Å²) in [5.74, 6) is 1.53. The normalized spacial score (nSPS) is 11.4. The summed E-state index contributed by atoms with van der Waals surface area (Å²) in [6, 6.07) is 8.85. The van der Waals surface area contributed by atoms with Crippen molar-refractivity contribution in [2.45, 2.75) is 26.4 Å². The highest BCUT2D eigenvalue weighted by molar-refractivity contribution is 5.84. The van der Waals surface area contributed by atoms with Gasteiger partial charge in [0.05, 0.1) is 12.7 Å². The molecule has 2 aromatic heterocycles. The van der Waals surface area contributed by atoms with Gasteiger partial charge in [0.25, 0.3) is 0 Å². The Balaban J connectivity index is 1.77. The van der Waals surface area contributed by atoms with E-state index in [1.54, 1.807) is 52.3 Å². The van der Waals surface area contributed by atoms with Gasteiger partial charge in [0.1, 0.15) is 22.7 Å². The number of hydrogen-bond acceptors (Lipinski definition) is 6. The molecular weight excluding hydrogens is 322 g/mol. The first-order valence-electron chi connectivity index (χ1n) is 7.75. The topological polar surface area (TPSA) is 86.5 Å². The summed E-state index contributed by atoms with van der Waals surface area (Å²) in [5, 5.41) is 2.58. The van der Waals surface area contributed by atoms with Crippen molar-refractivity contribution in [1.29, 1.82) is 0 Å². The van der Waals surface area contributed by atoms with Crippen molar-refractivity contribution in [3.63, 3.8) is 0 Å². The van der Waals surface area contributed by atoms with Crippen LogP contribution < -0.4 is 10.1 Å². The molecule has 1 amide bonds. The van der Waals surface area contributed by atoms with Crippen LogP contribution in [0, 0.1) is 0 Å². The lowest BCUT2D eigenvalue weighted by Gasteiger charge is -2.19. The number of carbonyl (C=O) groups is 1. The van der Waals surface area contributed by atoms with Crippen molar-refractivity contribution < 1.29 is 18.7 Å². The molecule has 0 saturated carbocycles. The zero-order valence-electron chi connectivity index (χ0n) is 14.5. The second-order valence-electron chi connectivity index (χ2n) is 6.41. The van der Waals surface area contributed by atoms with Crippen LogP contribution in [0.5, 0.6) is 5.75 Å². The minimum atomic E-state index is -0.566. The fraction of sp³-hybridized carbons (Fsp3) is 0.278. The summed E-state index contributed by atoms with van der Waals surface area (Å²) in [5.41, 5.74) is 1.49. The summed E-state index contributed by atoms with van der Waals surface area (Å²) in [6.45, 7) is 5.39. The lowest BCUT2D eigenvalue weighted by molar-refractivity contribution is 0.0635. The zero-order chi connectivity index (χ0) is 18.0. The minimum Gasteiger partial charge on any atom is -0.497 e. The second-order valence-corrected chi connectivity index (χ2v) is 6.41. The standard InChI is InChI=1S/C18H19N3O4/c1-18(2,3)25-17(22)21-15-8-5-11(10-19-15)16-20-13-7-6-12(23-4)9-14(13)24-16/h5-10H,1-4H3,(H,19,21,22). The van der Waals surface area contributed by atoms with Gasteiger partial charge in [-0.3, -0.25) is 5.32 Å². The fourth-order valence-electron chi connectivity index (χ4n) is 2.16. The van der Waals surface area contributed by atoms with E-state index in [2.05, 4.69) is 15.3 Å². The summed E-state index contributed by atoms with van der Waals surface area (Å²) >= 11 is 0. The van der Waals surface area contributed by atoms with E-state index in [0.29, 0.717) is 28.6 Å².